The number of carbonyl (C=O) groups excluding carboxylic acids is 2. The highest BCUT2D eigenvalue weighted by molar-refractivity contribution is 5.80. The third-order valence-electron chi connectivity index (χ3n) is 6.39. The minimum Gasteiger partial charge on any atom is -0.375 e. The van der Waals surface area contributed by atoms with Crippen LogP contribution in [0.25, 0.3) is 0 Å². The number of hydrogen-bond acceptors (Lipinski definition) is 5. The average molecular weight is 361 g/mol. The van der Waals surface area contributed by atoms with Crippen molar-refractivity contribution in [2.45, 2.75) is 38.0 Å². The summed E-state index contributed by atoms with van der Waals surface area (Å²) in [5.41, 5.74) is -0.256. The minimum atomic E-state index is -0.256. The lowest BCUT2D eigenvalue weighted by molar-refractivity contribution is -0.138. The fourth-order valence-electron chi connectivity index (χ4n) is 4.64. The van der Waals surface area contributed by atoms with Gasteiger partial charge in [0, 0.05) is 45.1 Å². The first-order chi connectivity index (χ1) is 12.5. The molecule has 3 fully saturated rings. The number of rotatable bonds is 4. The molecule has 3 heterocycles. The molecule has 0 radical (unpaired) electrons. The van der Waals surface area contributed by atoms with Crippen LogP contribution in [0.4, 0.5) is 0 Å². The Bertz CT molecular complexity index is 701. The zero-order valence-corrected chi connectivity index (χ0v) is 15.5. The molecule has 142 valence electrons. The van der Waals surface area contributed by atoms with Gasteiger partial charge >= 0.3 is 0 Å². The Morgan fingerprint density at radius 3 is 2.69 bits per heavy atom. The molecule has 2 atom stereocenters. The van der Waals surface area contributed by atoms with Crippen LogP contribution in [0.3, 0.4) is 0 Å². The van der Waals surface area contributed by atoms with Crippen LogP contribution in [0.2, 0.25) is 0 Å². The normalized spacial score (nSPS) is 28.8. The molecule has 1 saturated carbocycles. The first kappa shape index (κ1) is 17.5. The second-order valence-electron chi connectivity index (χ2n) is 7.97. The van der Waals surface area contributed by atoms with E-state index >= 15 is 0 Å². The van der Waals surface area contributed by atoms with E-state index in [1.54, 1.807) is 0 Å². The van der Waals surface area contributed by atoms with Gasteiger partial charge < -0.3 is 14.5 Å². The van der Waals surface area contributed by atoms with Crippen LogP contribution in [-0.4, -0.2) is 76.7 Å². The number of piperidine rings is 1. The van der Waals surface area contributed by atoms with Crippen molar-refractivity contribution in [3.8, 4) is 0 Å². The maximum atomic E-state index is 12.8. The lowest BCUT2D eigenvalue weighted by Crippen LogP contribution is -2.52. The molecular formula is C18H27N5O3. The fraction of sp³-hybridized carbons (Fsp3) is 0.778. The van der Waals surface area contributed by atoms with Crippen molar-refractivity contribution in [3.63, 3.8) is 0 Å². The predicted molar refractivity (Wildman–Crippen MR) is 93.3 cm³/mol. The summed E-state index contributed by atoms with van der Waals surface area (Å²) in [6.07, 6.45) is 3.94. The van der Waals surface area contributed by atoms with E-state index in [0.29, 0.717) is 26.2 Å². The van der Waals surface area contributed by atoms with Crippen LogP contribution < -0.4 is 0 Å². The van der Waals surface area contributed by atoms with Gasteiger partial charge in [-0.25, -0.2) is 4.98 Å². The highest BCUT2D eigenvalue weighted by atomic mass is 16.5. The molecule has 2 aliphatic heterocycles. The third kappa shape index (κ3) is 2.80. The number of amides is 2. The summed E-state index contributed by atoms with van der Waals surface area (Å²) in [5.74, 6) is 2.21. The number of methoxy groups -OCH3 is 1. The Balaban J connectivity index is 1.58. The number of hydrogen-bond donors (Lipinski definition) is 1. The molecule has 2 saturated heterocycles. The van der Waals surface area contributed by atoms with Gasteiger partial charge in [0.05, 0.1) is 5.41 Å². The zero-order valence-electron chi connectivity index (χ0n) is 15.5. The lowest BCUT2D eigenvalue weighted by atomic mass is 9.72. The molecule has 0 spiro atoms. The van der Waals surface area contributed by atoms with Crippen LogP contribution in [0.5, 0.6) is 0 Å². The number of H-pyrrole nitrogens is 1. The molecular weight excluding hydrogens is 334 g/mol. The average Bonchev–Trinajstić information content (AvgIpc) is 3.17. The highest BCUT2D eigenvalue weighted by Crippen LogP contribution is 2.45. The van der Waals surface area contributed by atoms with E-state index < -0.39 is 0 Å². The first-order valence-corrected chi connectivity index (χ1v) is 9.48. The summed E-state index contributed by atoms with van der Waals surface area (Å²) in [5, 5.41) is 7.40. The van der Waals surface area contributed by atoms with Gasteiger partial charge in [0.25, 0.3) is 0 Å². The van der Waals surface area contributed by atoms with Crippen molar-refractivity contribution < 1.29 is 14.3 Å². The standard InChI is InChI=1S/C18H27N5O3/c1-12-19-17(21-20-12)18-6-7-22(15(24)10-26-2)8-14(18)9-23(11-18)16(25)13-4-3-5-13/h13-14H,3-11H2,1-2H3,(H,19,20,21)/t14-,18-/m1/s1. The van der Waals surface area contributed by atoms with E-state index in [1.165, 1.54) is 7.11 Å². The number of carbonyl (C=O) groups is 2. The number of aromatic nitrogens is 3. The summed E-state index contributed by atoms with van der Waals surface area (Å²) in [7, 11) is 1.54. The third-order valence-corrected chi connectivity index (χ3v) is 6.39. The van der Waals surface area contributed by atoms with Crippen molar-refractivity contribution in [1.29, 1.82) is 0 Å². The zero-order chi connectivity index (χ0) is 18.3. The van der Waals surface area contributed by atoms with Crippen LogP contribution in [-0.2, 0) is 19.7 Å². The molecule has 0 aromatic carbocycles. The molecule has 3 aliphatic rings. The molecule has 8 heteroatoms. The molecule has 8 nitrogen and oxygen atoms in total. The van der Waals surface area contributed by atoms with Crippen molar-refractivity contribution >= 4 is 11.8 Å². The Hall–Kier alpha value is -1.96. The summed E-state index contributed by atoms with van der Waals surface area (Å²) in [4.78, 5) is 33.6. The van der Waals surface area contributed by atoms with E-state index in [9.17, 15) is 9.59 Å². The minimum absolute atomic E-state index is 0.0102. The molecule has 0 unspecified atom stereocenters. The molecule has 1 aromatic rings. The highest BCUT2D eigenvalue weighted by Gasteiger charge is 2.55. The van der Waals surface area contributed by atoms with Crippen LogP contribution >= 0.6 is 0 Å². The second-order valence-corrected chi connectivity index (χ2v) is 7.97. The number of ether oxygens (including phenoxy) is 1. The van der Waals surface area contributed by atoms with Crippen molar-refractivity contribution in [3.05, 3.63) is 11.6 Å². The van der Waals surface area contributed by atoms with E-state index in [2.05, 4.69) is 15.2 Å². The molecule has 1 N–H and O–H groups in total. The van der Waals surface area contributed by atoms with Gasteiger partial charge in [-0.3, -0.25) is 14.7 Å². The second kappa shape index (κ2) is 6.64. The molecule has 4 rings (SSSR count). The maximum absolute atomic E-state index is 12.8. The summed E-state index contributed by atoms with van der Waals surface area (Å²) >= 11 is 0. The fourth-order valence-corrected chi connectivity index (χ4v) is 4.64. The Kier molecular flexibility index (Phi) is 4.46. The molecule has 1 aliphatic carbocycles. The number of nitrogens with one attached hydrogen (secondary N) is 1. The Labute approximate surface area is 153 Å². The van der Waals surface area contributed by atoms with Crippen LogP contribution in [0.15, 0.2) is 0 Å². The first-order valence-electron chi connectivity index (χ1n) is 9.48. The van der Waals surface area contributed by atoms with Gasteiger partial charge in [-0.05, 0) is 26.2 Å². The maximum Gasteiger partial charge on any atom is 0.248 e. The van der Waals surface area contributed by atoms with Crippen molar-refractivity contribution in [1.82, 2.24) is 25.0 Å². The lowest BCUT2D eigenvalue weighted by Gasteiger charge is -2.41. The van der Waals surface area contributed by atoms with Gasteiger partial charge in [0.2, 0.25) is 11.8 Å². The largest absolute Gasteiger partial charge is 0.375 e. The quantitative estimate of drug-likeness (QED) is 0.843. The molecule has 1 aromatic heterocycles. The molecule has 0 bridgehead atoms. The van der Waals surface area contributed by atoms with E-state index in [-0.39, 0.29) is 35.7 Å². The smallest absolute Gasteiger partial charge is 0.248 e. The van der Waals surface area contributed by atoms with Gasteiger partial charge in [-0.1, -0.05) is 6.42 Å². The number of aryl methyl sites for hydroxylation is 1. The predicted octanol–water partition coefficient (Wildman–Crippen LogP) is 0.488. The van der Waals surface area contributed by atoms with E-state index in [4.69, 9.17) is 4.74 Å². The van der Waals surface area contributed by atoms with Gasteiger partial charge in [0.1, 0.15) is 12.4 Å². The van der Waals surface area contributed by atoms with E-state index in [0.717, 1.165) is 37.3 Å². The summed E-state index contributed by atoms with van der Waals surface area (Å²) in [6.45, 7) is 4.62. The SMILES string of the molecule is COCC(=O)N1CC[C@@]2(c3n[nH]c(C)n3)CN(C(=O)C3CCC3)C[C@H]2C1. The number of fused-ring (bicyclic) bond motifs is 1. The summed E-state index contributed by atoms with van der Waals surface area (Å²) in [6, 6.07) is 0. The molecule has 26 heavy (non-hydrogen) atoms. The van der Waals surface area contributed by atoms with E-state index in [1.807, 2.05) is 16.7 Å². The monoisotopic (exact) mass is 361 g/mol. The Morgan fingerprint density at radius 1 is 1.31 bits per heavy atom. The number of likely N-dealkylation sites (tertiary alicyclic amines) is 2. The Morgan fingerprint density at radius 2 is 2.08 bits per heavy atom. The van der Waals surface area contributed by atoms with Gasteiger partial charge in [0.15, 0.2) is 5.82 Å². The number of nitrogens with zero attached hydrogens (tertiary/aromatic N) is 4. The number of aromatic amines is 1. The topological polar surface area (TPSA) is 91.4 Å². The van der Waals surface area contributed by atoms with Gasteiger partial charge in [-0.2, -0.15) is 5.10 Å². The van der Waals surface area contributed by atoms with Crippen molar-refractivity contribution in [2.75, 3.05) is 39.9 Å². The molecule has 2 amide bonds. The van der Waals surface area contributed by atoms with Crippen LogP contribution in [0, 0.1) is 18.8 Å². The van der Waals surface area contributed by atoms with Crippen molar-refractivity contribution in [2.24, 2.45) is 11.8 Å². The summed E-state index contributed by atoms with van der Waals surface area (Å²) < 4.78 is 5.01. The van der Waals surface area contributed by atoms with Crippen LogP contribution in [0.1, 0.15) is 37.3 Å². The van der Waals surface area contributed by atoms with Gasteiger partial charge in [-0.15, -0.1) is 0 Å².